The Labute approximate surface area is 236 Å². The van der Waals surface area contributed by atoms with E-state index in [2.05, 4.69) is 33.8 Å². The highest BCUT2D eigenvalue weighted by Crippen LogP contribution is 2.69. The molecule has 6 rings (SSSR count). The number of aliphatic hydroxyl groups is 2. The normalized spacial score (nSPS) is 45.9. The summed E-state index contributed by atoms with van der Waals surface area (Å²) < 4.78 is 0. The summed E-state index contributed by atoms with van der Waals surface area (Å²) in [6.07, 6.45) is 12.8. The molecule has 5 aliphatic rings. The highest BCUT2D eigenvalue weighted by atomic mass is 16.4. The van der Waals surface area contributed by atoms with E-state index in [9.17, 15) is 20.1 Å². The summed E-state index contributed by atoms with van der Waals surface area (Å²) in [6, 6.07) is 5.81. The first-order chi connectivity index (χ1) is 18.6. The zero-order valence-corrected chi connectivity index (χ0v) is 24.7. The first-order valence-corrected chi connectivity index (χ1v) is 16.3. The molecule has 12 atom stereocenters. The van der Waals surface area contributed by atoms with Gasteiger partial charge in [0.2, 0.25) is 0 Å². The van der Waals surface area contributed by atoms with E-state index in [1.807, 2.05) is 6.07 Å². The van der Waals surface area contributed by atoms with Crippen LogP contribution in [0.2, 0.25) is 0 Å². The van der Waals surface area contributed by atoms with Gasteiger partial charge in [-0.2, -0.15) is 0 Å². The molecule has 4 heteroatoms. The fourth-order valence-electron chi connectivity index (χ4n) is 11.9. The van der Waals surface area contributed by atoms with Crippen molar-refractivity contribution in [2.75, 3.05) is 0 Å². The van der Waals surface area contributed by atoms with Crippen molar-refractivity contribution in [2.45, 2.75) is 117 Å². The van der Waals surface area contributed by atoms with Gasteiger partial charge in [0.15, 0.2) is 0 Å². The number of carbonyl (C=O) groups is 1. The van der Waals surface area contributed by atoms with Gasteiger partial charge in [-0.05, 0) is 146 Å². The van der Waals surface area contributed by atoms with Crippen LogP contribution in [-0.2, 0) is 12.8 Å². The van der Waals surface area contributed by atoms with Crippen LogP contribution < -0.4 is 0 Å². The second kappa shape index (κ2) is 10.2. The van der Waals surface area contributed by atoms with Crippen LogP contribution in [0.15, 0.2) is 18.2 Å². The summed E-state index contributed by atoms with van der Waals surface area (Å²) in [5.41, 5.74) is 3.38. The zero-order chi connectivity index (χ0) is 27.7. The Hall–Kier alpha value is -1.39. The van der Waals surface area contributed by atoms with Gasteiger partial charge in [-0.25, -0.2) is 4.79 Å². The molecule has 0 radical (unpaired) electrons. The van der Waals surface area contributed by atoms with E-state index < -0.39 is 5.97 Å². The fourth-order valence-corrected chi connectivity index (χ4v) is 11.9. The second-order valence-electron chi connectivity index (χ2n) is 15.2. The van der Waals surface area contributed by atoms with Gasteiger partial charge in [0.05, 0.1) is 17.8 Å². The monoisotopic (exact) mass is 536 g/mol. The topological polar surface area (TPSA) is 77.8 Å². The first-order valence-electron chi connectivity index (χ1n) is 16.3. The summed E-state index contributed by atoms with van der Waals surface area (Å²) >= 11 is 0. The minimum Gasteiger partial charge on any atom is -0.478 e. The molecule has 216 valence electrons. The molecule has 0 heterocycles. The molecule has 0 aromatic heterocycles. The van der Waals surface area contributed by atoms with Crippen LogP contribution >= 0.6 is 0 Å². The zero-order valence-electron chi connectivity index (χ0n) is 24.7. The Kier molecular flexibility index (Phi) is 7.23. The third-order valence-electron chi connectivity index (χ3n) is 13.7. The van der Waals surface area contributed by atoms with Crippen molar-refractivity contribution in [3.05, 3.63) is 34.9 Å². The smallest absolute Gasteiger partial charge is 0.335 e. The Morgan fingerprint density at radius 1 is 1.00 bits per heavy atom. The molecule has 3 N–H and O–H groups in total. The van der Waals surface area contributed by atoms with Gasteiger partial charge in [0.25, 0.3) is 0 Å². The average molecular weight is 537 g/mol. The number of hydrogen-bond donors (Lipinski definition) is 3. The van der Waals surface area contributed by atoms with Crippen LogP contribution in [0.4, 0.5) is 0 Å². The van der Waals surface area contributed by atoms with Crippen molar-refractivity contribution in [1.82, 2.24) is 0 Å². The maximum absolute atomic E-state index is 12.0. The molecule has 1 aromatic rings. The lowest BCUT2D eigenvalue weighted by atomic mass is 9.41. The molecule has 0 spiro atoms. The Morgan fingerprint density at radius 2 is 1.74 bits per heavy atom. The van der Waals surface area contributed by atoms with Crippen molar-refractivity contribution in [2.24, 2.45) is 58.2 Å². The van der Waals surface area contributed by atoms with Crippen molar-refractivity contribution in [3.8, 4) is 0 Å². The van der Waals surface area contributed by atoms with E-state index in [1.54, 1.807) is 6.07 Å². The number of aromatic carboxylic acids is 1. The fraction of sp³-hybridized carbons (Fsp3) is 0.800. The van der Waals surface area contributed by atoms with Crippen LogP contribution in [-0.4, -0.2) is 33.5 Å². The molecule has 39 heavy (non-hydrogen) atoms. The van der Waals surface area contributed by atoms with Crippen LogP contribution in [0.5, 0.6) is 0 Å². The first kappa shape index (κ1) is 27.8. The molecular weight excluding hydrogens is 484 g/mol. The minimum atomic E-state index is -0.789. The van der Waals surface area contributed by atoms with Gasteiger partial charge >= 0.3 is 5.97 Å². The van der Waals surface area contributed by atoms with E-state index in [0.717, 1.165) is 44.1 Å². The lowest BCUT2D eigenvalue weighted by Gasteiger charge is -2.64. The molecular formula is C35H52O4. The summed E-state index contributed by atoms with van der Waals surface area (Å²) in [5.74, 6) is 3.44. The second-order valence-corrected chi connectivity index (χ2v) is 15.2. The third-order valence-corrected chi connectivity index (χ3v) is 13.7. The largest absolute Gasteiger partial charge is 0.478 e. The van der Waals surface area contributed by atoms with E-state index in [-0.39, 0.29) is 23.0 Å². The summed E-state index contributed by atoms with van der Waals surface area (Å²) in [4.78, 5) is 11.9. The van der Waals surface area contributed by atoms with Crippen LogP contribution in [0.3, 0.4) is 0 Å². The number of fused-ring (bicyclic) bond motifs is 6. The lowest BCUT2D eigenvalue weighted by molar-refractivity contribution is -0.203. The lowest BCUT2D eigenvalue weighted by Crippen LogP contribution is -2.62. The summed E-state index contributed by atoms with van der Waals surface area (Å²) in [6.45, 7) is 9.84. The maximum Gasteiger partial charge on any atom is 0.335 e. The van der Waals surface area contributed by atoms with Gasteiger partial charge < -0.3 is 15.3 Å². The van der Waals surface area contributed by atoms with E-state index >= 15 is 0 Å². The summed E-state index contributed by atoms with van der Waals surface area (Å²) in [7, 11) is 0. The van der Waals surface area contributed by atoms with Crippen LogP contribution in [0.25, 0.3) is 0 Å². The molecule has 0 aliphatic heterocycles. The third kappa shape index (κ3) is 4.33. The maximum atomic E-state index is 12.0. The number of aryl methyl sites for hydroxylation is 1. The molecule has 0 saturated heterocycles. The number of carboxylic acids is 1. The number of carboxylic acid groups (broad SMARTS) is 1. The van der Waals surface area contributed by atoms with Crippen molar-refractivity contribution >= 4 is 5.97 Å². The molecule has 1 aromatic carbocycles. The molecule has 4 nitrogen and oxygen atoms in total. The number of aliphatic hydroxyl groups excluding tert-OH is 2. The Morgan fingerprint density at radius 3 is 2.49 bits per heavy atom. The highest BCUT2D eigenvalue weighted by molar-refractivity contribution is 5.89. The minimum absolute atomic E-state index is 0.190. The quantitative estimate of drug-likeness (QED) is 0.374. The van der Waals surface area contributed by atoms with Gasteiger partial charge in [0.1, 0.15) is 0 Å². The highest BCUT2D eigenvalue weighted by Gasteiger charge is 2.64. The molecule has 0 bridgehead atoms. The molecule has 5 aliphatic carbocycles. The number of hydrogen-bond acceptors (Lipinski definition) is 3. The van der Waals surface area contributed by atoms with E-state index in [0.29, 0.717) is 52.9 Å². The predicted molar refractivity (Wildman–Crippen MR) is 154 cm³/mol. The number of benzene rings is 1. The standard InChI is InChI=1S/C35H52O4/c1-5-24-30-19-23(36)13-15-35(30,4)29-14-16-34(3)27(11-12-28(34)31(29)32(24)37)20(2)17-21-9-10-22-7-6-8-25(33(38)39)26(22)18-21/h6-8,20-21,23-24,27-32,36-37H,5,9-19H2,1-4H3,(H,38,39)/t20-,21?,23-,24-,27-,28?,29?,30+,31?,32?,34-,35-/m1/s1. The predicted octanol–water partition coefficient (Wildman–Crippen LogP) is 7.14. The molecule has 4 fully saturated rings. The average Bonchev–Trinajstić information content (AvgIpc) is 3.26. The van der Waals surface area contributed by atoms with Crippen molar-refractivity contribution in [3.63, 3.8) is 0 Å². The van der Waals surface area contributed by atoms with Crippen molar-refractivity contribution in [1.29, 1.82) is 0 Å². The Balaban J connectivity index is 1.21. The summed E-state index contributed by atoms with van der Waals surface area (Å²) in [5, 5.41) is 32.3. The molecule has 5 unspecified atom stereocenters. The van der Waals surface area contributed by atoms with Crippen LogP contribution in [0, 0.1) is 58.2 Å². The number of rotatable bonds is 5. The van der Waals surface area contributed by atoms with Gasteiger partial charge in [0, 0.05) is 0 Å². The molecule has 0 amide bonds. The van der Waals surface area contributed by atoms with E-state index in [1.165, 1.54) is 44.1 Å². The van der Waals surface area contributed by atoms with Gasteiger partial charge in [-0.1, -0.05) is 46.2 Å². The van der Waals surface area contributed by atoms with Gasteiger partial charge in [-0.3, -0.25) is 0 Å². The van der Waals surface area contributed by atoms with Crippen molar-refractivity contribution < 1.29 is 20.1 Å². The SMILES string of the molecule is CC[C@H]1C(O)C2C3CC[C@H]([C@H](C)CC4CCc5cccc(C(=O)O)c5C4)[C@@]3(C)CCC2[C@@]2(C)CC[C@@H](O)C[C@@H]12. The Bertz CT molecular complexity index is 1080. The molecule has 4 saturated carbocycles. The van der Waals surface area contributed by atoms with E-state index in [4.69, 9.17) is 0 Å². The van der Waals surface area contributed by atoms with Gasteiger partial charge in [-0.15, -0.1) is 0 Å². The van der Waals surface area contributed by atoms with Crippen LogP contribution in [0.1, 0.15) is 113 Å².